The average molecular weight is 219 g/mol. The molecule has 0 unspecified atom stereocenters. The van der Waals surface area contributed by atoms with Crippen molar-refractivity contribution >= 4 is 5.82 Å². The second-order valence-electron chi connectivity index (χ2n) is 4.41. The summed E-state index contributed by atoms with van der Waals surface area (Å²) < 4.78 is 0. The SMILES string of the molecule is CCCCNc1ccc([C@H]2CCCN2)cn1. The molecule has 0 amide bonds. The number of nitrogens with zero attached hydrogens (tertiary/aromatic N) is 1. The van der Waals surface area contributed by atoms with E-state index in [2.05, 4.69) is 34.7 Å². The van der Waals surface area contributed by atoms with Crippen LogP contribution in [0, 0.1) is 0 Å². The zero-order chi connectivity index (χ0) is 11.2. The Bertz CT molecular complexity index is 301. The Balaban J connectivity index is 1.88. The van der Waals surface area contributed by atoms with Gasteiger partial charge in [0.1, 0.15) is 5.82 Å². The number of unbranched alkanes of at least 4 members (excludes halogenated alkanes) is 1. The Morgan fingerprint density at radius 1 is 1.50 bits per heavy atom. The van der Waals surface area contributed by atoms with Crippen molar-refractivity contribution in [1.29, 1.82) is 0 Å². The maximum atomic E-state index is 4.44. The Kier molecular flexibility index (Phi) is 4.17. The molecule has 1 aliphatic rings. The first-order chi connectivity index (χ1) is 7.90. The molecular formula is C13H21N3. The third kappa shape index (κ3) is 2.95. The van der Waals surface area contributed by atoms with Crippen LogP contribution in [-0.2, 0) is 0 Å². The summed E-state index contributed by atoms with van der Waals surface area (Å²) in [6.45, 7) is 4.36. The minimum Gasteiger partial charge on any atom is -0.370 e. The van der Waals surface area contributed by atoms with Gasteiger partial charge in [-0.3, -0.25) is 0 Å². The van der Waals surface area contributed by atoms with Crippen LogP contribution < -0.4 is 10.6 Å². The zero-order valence-electron chi connectivity index (χ0n) is 10.00. The first kappa shape index (κ1) is 11.4. The number of pyridine rings is 1. The molecule has 1 fully saturated rings. The fourth-order valence-corrected chi connectivity index (χ4v) is 2.08. The van der Waals surface area contributed by atoms with Crippen LogP contribution in [0.2, 0.25) is 0 Å². The predicted octanol–water partition coefficient (Wildman–Crippen LogP) is 2.72. The highest BCUT2D eigenvalue weighted by Gasteiger charge is 2.15. The van der Waals surface area contributed by atoms with E-state index in [0.717, 1.165) is 18.9 Å². The third-order valence-electron chi connectivity index (χ3n) is 3.09. The molecule has 1 aromatic heterocycles. The maximum absolute atomic E-state index is 4.44. The molecule has 88 valence electrons. The van der Waals surface area contributed by atoms with Gasteiger partial charge in [-0.1, -0.05) is 19.4 Å². The van der Waals surface area contributed by atoms with Gasteiger partial charge in [-0.25, -0.2) is 4.98 Å². The molecule has 0 aliphatic carbocycles. The summed E-state index contributed by atoms with van der Waals surface area (Å²) in [7, 11) is 0. The summed E-state index contributed by atoms with van der Waals surface area (Å²) >= 11 is 0. The fraction of sp³-hybridized carbons (Fsp3) is 0.615. The van der Waals surface area contributed by atoms with Crippen molar-refractivity contribution in [2.75, 3.05) is 18.4 Å². The molecule has 3 heteroatoms. The first-order valence-electron chi connectivity index (χ1n) is 6.33. The number of nitrogens with one attached hydrogen (secondary N) is 2. The highest BCUT2D eigenvalue weighted by atomic mass is 15.0. The monoisotopic (exact) mass is 219 g/mol. The number of aromatic nitrogens is 1. The van der Waals surface area contributed by atoms with Gasteiger partial charge in [0.2, 0.25) is 0 Å². The number of hydrogen-bond donors (Lipinski definition) is 2. The highest BCUT2D eigenvalue weighted by molar-refractivity contribution is 5.36. The molecule has 2 heterocycles. The molecule has 1 saturated heterocycles. The normalized spacial score (nSPS) is 19.9. The second kappa shape index (κ2) is 5.85. The van der Waals surface area contributed by atoms with Crippen LogP contribution >= 0.6 is 0 Å². The number of rotatable bonds is 5. The maximum Gasteiger partial charge on any atom is 0.125 e. The lowest BCUT2D eigenvalue weighted by Crippen LogP contribution is -2.13. The van der Waals surface area contributed by atoms with E-state index < -0.39 is 0 Å². The Labute approximate surface area is 97.7 Å². The van der Waals surface area contributed by atoms with Crippen molar-refractivity contribution in [3.05, 3.63) is 23.9 Å². The van der Waals surface area contributed by atoms with Gasteiger partial charge < -0.3 is 10.6 Å². The van der Waals surface area contributed by atoms with Crippen molar-refractivity contribution in [1.82, 2.24) is 10.3 Å². The van der Waals surface area contributed by atoms with E-state index >= 15 is 0 Å². The van der Waals surface area contributed by atoms with E-state index in [1.54, 1.807) is 0 Å². The quantitative estimate of drug-likeness (QED) is 0.748. The molecule has 0 saturated carbocycles. The minimum atomic E-state index is 0.525. The second-order valence-corrected chi connectivity index (χ2v) is 4.41. The van der Waals surface area contributed by atoms with Crippen LogP contribution in [0.15, 0.2) is 18.3 Å². The van der Waals surface area contributed by atoms with Crippen molar-refractivity contribution in [2.24, 2.45) is 0 Å². The van der Waals surface area contributed by atoms with E-state index in [-0.39, 0.29) is 0 Å². The van der Waals surface area contributed by atoms with Gasteiger partial charge in [0.25, 0.3) is 0 Å². The van der Waals surface area contributed by atoms with Gasteiger partial charge in [-0.2, -0.15) is 0 Å². The van der Waals surface area contributed by atoms with E-state index in [1.807, 2.05) is 6.20 Å². The van der Waals surface area contributed by atoms with Crippen molar-refractivity contribution < 1.29 is 0 Å². The molecule has 2 rings (SSSR count). The minimum absolute atomic E-state index is 0.525. The summed E-state index contributed by atoms with van der Waals surface area (Å²) in [5.41, 5.74) is 1.32. The number of hydrogen-bond acceptors (Lipinski definition) is 3. The highest BCUT2D eigenvalue weighted by Crippen LogP contribution is 2.22. The lowest BCUT2D eigenvalue weighted by molar-refractivity contribution is 0.645. The molecule has 0 radical (unpaired) electrons. The van der Waals surface area contributed by atoms with Gasteiger partial charge in [-0.15, -0.1) is 0 Å². The number of anilines is 1. The van der Waals surface area contributed by atoms with Crippen LogP contribution in [0.3, 0.4) is 0 Å². The molecule has 1 atom stereocenters. The van der Waals surface area contributed by atoms with Crippen LogP contribution in [0.5, 0.6) is 0 Å². The van der Waals surface area contributed by atoms with Crippen molar-refractivity contribution in [2.45, 2.75) is 38.6 Å². The summed E-state index contributed by atoms with van der Waals surface area (Å²) in [4.78, 5) is 4.44. The van der Waals surface area contributed by atoms with Gasteiger partial charge in [0.05, 0.1) is 0 Å². The average Bonchev–Trinajstić information content (AvgIpc) is 2.84. The van der Waals surface area contributed by atoms with Crippen LogP contribution in [0.4, 0.5) is 5.82 Å². The molecule has 0 bridgehead atoms. The Morgan fingerprint density at radius 3 is 3.06 bits per heavy atom. The summed E-state index contributed by atoms with van der Waals surface area (Å²) in [6, 6.07) is 4.80. The lowest BCUT2D eigenvalue weighted by Gasteiger charge is -2.11. The van der Waals surface area contributed by atoms with Crippen LogP contribution in [0.25, 0.3) is 0 Å². The van der Waals surface area contributed by atoms with Gasteiger partial charge in [0, 0.05) is 18.8 Å². The van der Waals surface area contributed by atoms with Crippen LogP contribution in [0.1, 0.15) is 44.2 Å². The largest absolute Gasteiger partial charge is 0.370 e. The van der Waals surface area contributed by atoms with Crippen molar-refractivity contribution in [3.63, 3.8) is 0 Å². The van der Waals surface area contributed by atoms with Crippen LogP contribution in [-0.4, -0.2) is 18.1 Å². The van der Waals surface area contributed by atoms with E-state index in [9.17, 15) is 0 Å². The third-order valence-corrected chi connectivity index (χ3v) is 3.09. The zero-order valence-corrected chi connectivity index (χ0v) is 10.00. The summed E-state index contributed by atoms with van der Waals surface area (Å²) in [6.07, 6.45) is 6.94. The summed E-state index contributed by atoms with van der Waals surface area (Å²) in [5, 5.41) is 6.82. The topological polar surface area (TPSA) is 37.0 Å². The molecule has 1 aromatic rings. The Morgan fingerprint density at radius 2 is 2.44 bits per heavy atom. The van der Waals surface area contributed by atoms with E-state index in [4.69, 9.17) is 0 Å². The summed E-state index contributed by atoms with van der Waals surface area (Å²) in [5.74, 6) is 0.996. The van der Waals surface area contributed by atoms with Gasteiger partial charge in [-0.05, 0) is 37.4 Å². The van der Waals surface area contributed by atoms with Gasteiger partial charge in [0.15, 0.2) is 0 Å². The molecule has 0 aromatic carbocycles. The molecular weight excluding hydrogens is 198 g/mol. The first-order valence-corrected chi connectivity index (χ1v) is 6.33. The van der Waals surface area contributed by atoms with Crippen molar-refractivity contribution in [3.8, 4) is 0 Å². The fourth-order valence-electron chi connectivity index (χ4n) is 2.08. The lowest BCUT2D eigenvalue weighted by atomic mass is 10.1. The molecule has 1 aliphatic heterocycles. The molecule has 3 nitrogen and oxygen atoms in total. The predicted molar refractivity (Wildman–Crippen MR) is 67.6 cm³/mol. The molecule has 16 heavy (non-hydrogen) atoms. The Hall–Kier alpha value is -1.09. The van der Waals surface area contributed by atoms with E-state index in [0.29, 0.717) is 6.04 Å². The molecule has 0 spiro atoms. The standard InChI is InChI=1S/C13H21N3/c1-2-3-8-15-13-7-6-11(10-16-13)12-5-4-9-14-12/h6-7,10,12,14H,2-5,8-9H2,1H3,(H,15,16)/t12-/m1/s1. The van der Waals surface area contributed by atoms with E-state index in [1.165, 1.54) is 31.2 Å². The smallest absolute Gasteiger partial charge is 0.125 e. The van der Waals surface area contributed by atoms with Gasteiger partial charge >= 0.3 is 0 Å². The molecule has 2 N–H and O–H groups in total.